The topological polar surface area (TPSA) is 26.0 Å². The van der Waals surface area contributed by atoms with Gasteiger partial charge in [0.1, 0.15) is 0 Å². The van der Waals surface area contributed by atoms with Crippen molar-refractivity contribution in [1.29, 1.82) is 0 Å². The molecule has 0 fully saturated rings. The van der Waals surface area contributed by atoms with Crippen LogP contribution in [0.2, 0.25) is 0 Å². The maximum Gasteiger partial charge on any atom is 0.00995 e. The standard InChI is InChI=1S/C13H29N/c1-5-6-7-8-9-10-12(2)11-13(3,4)14/h12H,5-11,14H2,1-4H3. The van der Waals surface area contributed by atoms with Crippen molar-refractivity contribution in [2.45, 2.75) is 78.2 Å². The summed E-state index contributed by atoms with van der Waals surface area (Å²) < 4.78 is 0. The lowest BCUT2D eigenvalue weighted by Gasteiger charge is -2.23. The number of rotatable bonds is 8. The van der Waals surface area contributed by atoms with Crippen molar-refractivity contribution in [2.75, 3.05) is 0 Å². The summed E-state index contributed by atoms with van der Waals surface area (Å²) in [4.78, 5) is 0. The molecule has 0 spiro atoms. The summed E-state index contributed by atoms with van der Waals surface area (Å²) in [6.45, 7) is 8.84. The quantitative estimate of drug-likeness (QED) is 0.585. The van der Waals surface area contributed by atoms with Crippen molar-refractivity contribution in [2.24, 2.45) is 11.7 Å². The second-order valence-corrected chi connectivity index (χ2v) is 5.50. The molecule has 0 bridgehead atoms. The molecule has 0 saturated heterocycles. The number of nitrogens with two attached hydrogens (primary N) is 1. The molecule has 14 heavy (non-hydrogen) atoms. The molecular formula is C13H29N. The number of hydrogen-bond donors (Lipinski definition) is 1. The first-order valence-corrected chi connectivity index (χ1v) is 6.24. The van der Waals surface area contributed by atoms with Crippen LogP contribution in [0.1, 0.15) is 72.6 Å². The van der Waals surface area contributed by atoms with Crippen molar-refractivity contribution in [3.63, 3.8) is 0 Å². The van der Waals surface area contributed by atoms with Crippen molar-refractivity contribution in [1.82, 2.24) is 0 Å². The Balaban J connectivity index is 3.31. The molecule has 2 N–H and O–H groups in total. The Labute approximate surface area is 90.5 Å². The van der Waals surface area contributed by atoms with Crippen LogP contribution in [0.4, 0.5) is 0 Å². The SMILES string of the molecule is CCCCCCCC(C)CC(C)(C)N. The second kappa shape index (κ2) is 7.28. The van der Waals surface area contributed by atoms with E-state index in [2.05, 4.69) is 27.7 Å². The average Bonchev–Trinajstić information content (AvgIpc) is 2.00. The highest BCUT2D eigenvalue weighted by molar-refractivity contribution is 4.74. The molecule has 0 saturated carbocycles. The summed E-state index contributed by atoms with van der Waals surface area (Å²) in [6.07, 6.45) is 9.45. The number of unbranched alkanes of at least 4 members (excludes halogenated alkanes) is 4. The van der Waals surface area contributed by atoms with Crippen LogP contribution in [0.25, 0.3) is 0 Å². The summed E-state index contributed by atoms with van der Waals surface area (Å²) in [7, 11) is 0. The Kier molecular flexibility index (Phi) is 7.26. The van der Waals surface area contributed by atoms with Crippen molar-refractivity contribution >= 4 is 0 Å². The molecule has 0 aromatic carbocycles. The predicted octanol–water partition coefficient (Wildman–Crippen LogP) is 4.11. The maximum absolute atomic E-state index is 5.99. The van der Waals surface area contributed by atoms with Gasteiger partial charge in [0.25, 0.3) is 0 Å². The normalized spacial score (nSPS) is 14.4. The van der Waals surface area contributed by atoms with E-state index in [0.717, 1.165) is 12.3 Å². The Morgan fingerprint density at radius 3 is 2.14 bits per heavy atom. The van der Waals surface area contributed by atoms with Crippen molar-refractivity contribution < 1.29 is 0 Å². The van der Waals surface area contributed by atoms with E-state index in [9.17, 15) is 0 Å². The van der Waals surface area contributed by atoms with Crippen LogP contribution in [0.5, 0.6) is 0 Å². The van der Waals surface area contributed by atoms with E-state index >= 15 is 0 Å². The van der Waals surface area contributed by atoms with Gasteiger partial charge in [0.05, 0.1) is 0 Å². The zero-order valence-electron chi connectivity index (χ0n) is 10.6. The molecule has 1 nitrogen and oxygen atoms in total. The summed E-state index contributed by atoms with van der Waals surface area (Å²) in [6, 6.07) is 0. The highest BCUT2D eigenvalue weighted by Crippen LogP contribution is 2.19. The van der Waals surface area contributed by atoms with Gasteiger partial charge < -0.3 is 5.73 Å². The van der Waals surface area contributed by atoms with Gasteiger partial charge in [0, 0.05) is 5.54 Å². The Morgan fingerprint density at radius 2 is 1.64 bits per heavy atom. The Morgan fingerprint density at radius 1 is 1.07 bits per heavy atom. The van der Waals surface area contributed by atoms with E-state index in [-0.39, 0.29) is 5.54 Å². The minimum Gasteiger partial charge on any atom is -0.326 e. The summed E-state index contributed by atoms with van der Waals surface area (Å²) in [5, 5.41) is 0. The molecule has 1 unspecified atom stereocenters. The first-order valence-electron chi connectivity index (χ1n) is 6.24. The zero-order chi connectivity index (χ0) is 11.0. The molecule has 0 radical (unpaired) electrons. The molecule has 0 aliphatic rings. The van der Waals surface area contributed by atoms with Gasteiger partial charge in [-0.1, -0.05) is 52.4 Å². The van der Waals surface area contributed by atoms with Crippen LogP contribution in [0.15, 0.2) is 0 Å². The van der Waals surface area contributed by atoms with E-state index in [1.807, 2.05) is 0 Å². The van der Waals surface area contributed by atoms with Crippen molar-refractivity contribution in [3.05, 3.63) is 0 Å². The van der Waals surface area contributed by atoms with E-state index in [0.29, 0.717) is 0 Å². The van der Waals surface area contributed by atoms with E-state index in [4.69, 9.17) is 5.73 Å². The Hall–Kier alpha value is -0.0400. The van der Waals surface area contributed by atoms with Gasteiger partial charge in [-0.15, -0.1) is 0 Å². The Bertz CT molecular complexity index is 124. The molecule has 1 atom stereocenters. The minimum absolute atomic E-state index is 0.0167. The fourth-order valence-electron chi connectivity index (χ4n) is 2.10. The van der Waals surface area contributed by atoms with E-state index in [1.54, 1.807) is 0 Å². The fourth-order valence-corrected chi connectivity index (χ4v) is 2.10. The third kappa shape index (κ3) is 10.0. The largest absolute Gasteiger partial charge is 0.326 e. The summed E-state index contributed by atoms with van der Waals surface area (Å²) in [5.41, 5.74) is 6.01. The van der Waals surface area contributed by atoms with Crippen molar-refractivity contribution in [3.8, 4) is 0 Å². The smallest absolute Gasteiger partial charge is 0.00995 e. The fraction of sp³-hybridized carbons (Fsp3) is 1.00. The van der Waals surface area contributed by atoms with Gasteiger partial charge in [-0.25, -0.2) is 0 Å². The molecule has 86 valence electrons. The van der Waals surface area contributed by atoms with Crippen LogP contribution < -0.4 is 5.73 Å². The third-order valence-electron chi connectivity index (χ3n) is 2.68. The lowest BCUT2D eigenvalue weighted by molar-refractivity contribution is 0.354. The highest BCUT2D eigenvalue weighted by atomic mass is 14.7. The monoisotopic (exact) mass is 199 g/mol. The third-order valence-corrected chi connectivity index (χ3v) is 2.68. The van der Waals surface area contributed by atoms with Crippen LogP contribution in [-0.4, -0.2) is 5.54 Å². The van der Waals surface area contributed by atoms with Crippen LogP contribution >= 0.6 is 0 Å². The lowest BCUT2D eigenvalue weighted by atomic mass is 9.89. The van der Waals surface area contributed by atoms with Gasteiger partial charge in [-0.3, -0.25) is 0 Å². The van der Waals surface area contributed by atoms with E-state index < -0.39 is 0 Å². The lowest BCUT2D eigenvalue weighted by Crippen LogP contribution is -2.33. The van der Waals surface area contributed by atoms with E-state index in [1.165, 1.54) is 38.5 Å². The van der Waals surface area contributed by atoms with Crippen LogP contribution in [0, 0.1) is 5.92 Å². The molecule has 0 aromatic heterocycles. The van der Waals surface area contributed by atoms with Gasteiger partial charge in [-0.05, 0) is 26.2 Å². The molecule has 1 heteroatoms. The zero-order valence-corrected chi connectivity index (χ0v) is 10.6. The average molecular weight is 199 g/mol. The molecule has 0 aromatic rings. The molecule has 0 heterocycles. The first-order chi connectivity index (χ1) is 6.45. The van der Waals surface area contributed by atoms with Crippen LogP contribution in [0.3, 0.4) is 0 Å². The van der Waals surface area contributed by atoms with Gasteiger partial charge >= 0.3 is 0 Å². The summed E-state index contributed by atoms with van der Waals surface area (Å²) >= 11 is 0. The first kappa shape index (κ1) is 14.0. The molecular weight excluding hydrogens is 170 g/mol. The second-order valence-electron chi connectivity index (χ2n) is 5.50. The number of hydrogen-bond acceptors (Lipinski definition) is 1. The summed E-state index contributed by atoms with van der Waals surface area (Å²) in [5.74, 6) is 0.789. The van der Waals surface area contributed by atoms with Gasteiger partial charge in [0.2, 0.25) is 0 Å². The molecule has 0 aliphatic carbocycles. The molecule has 0 rings (SSSR count). The minimum atomic E-state index is 0.0167. The molecule has 0 amide bonds. The van der Waals surface area contributed by atoms with Crippen LogP contribution in [-0.2, 0) is 0 Å². The highest BCUT2D eigenvalue weighted by Gasteiger charge is 2.14. The predicted molar refractivity (Wildman–Crippen MR) is 65.4 cm³/mol. The maximum atomic E-state index is 5.99. The van der Waals surface area contributed by atoms with Gasteiger partial charge in [0.15, 0.2) is 0 Å². The molecule has 0 aliphatic heterocycles. The van der Waals surface area contributed by atoms with Gasteiger partial charge in [-0.2, -0.15) is 0 Å².